The van der Waals surface area contributed by atoms with Crippen molar-refractivity contribution < 1.29 is 4.79 Å². The van der Waals surface area contributed by atoms with Gasteiger partial charge < -0.3 is 4.98 Å². The maximum absolute atomic E-state index is 11.5. The molecule has 0 saturated heterocycles. The van der Waals surface area contributed by atoms with Crippen LogP contribution in [0.5, 0.6) is 0 Å². The fraction of sp³-hybridized carbons (Fsp3) is 0. The molecule has 80 valence electrons. The molecule has 2 N–H and O–H groups in total. The molecule has 6 heteroatoms. The predicted molar refractivity (Wildman–Crippen MR) is 57.9 cm³/mol. The van der Waals surface area contributed by atoms with Gasteiger partial charge in [-0.15, -0.1) is 0 Å². The Labute approximate surface area is 91.4 Å². The molecular formula is C10H9N5O. The topological polar surface area (TPSA) is 83.0 Å². The monoisotopic (exact) mass is 215 g/mol. The van der Waals surface area contributed by atoms with Gasteiger partial charge in [-0.3, -0.25) is 9.78 Å². The van der Waals surface area contributed by atoms with Gasteiger partial charge in [0.05, 0.1) is 24.4 Å². The maximum Gasteiger partial charge on any atom is 0.289 e. The number of rotatable bonds is 3. The van der Waals surface area contributed by atoms with Crippen LogP contribution in [0.2, 0.25) is 0 Å². The third-order valence-electron chi connectivity index (χ3n) is 1.79. The average Bonchev–Trinajstić information content (AvgIpc) is 2.83. The molecule has 2 rings (SSSR count). The highest BCUT2D eigenvalue weighted by Crippen LogP contribution is 1.92. The first-order valence-corrected chi connectivity index (χ1v) is 4.59. The lowest BCUT2D eigenvalue weighted by Gasteiger charge is -1.96. The molecule has 0 aliphatic rings. The number of aromatic nitrogens is 3. The molecule has 0 aromatic carbocycles. The van der Waals surface area contributed by atoms with Crippen molar-refractivity contribution in [2.24, 2.45) is 5.10 Å². The van der Waals surface area contributed by atoms with Gasteiger partial charge >= 0.3 is 0 Å². The molecule has 0 spiro atoms. The zero-order valence-corrected chi connectivity index (χ0v) is 8.29. The summed E-state index contributed by atoms with van der Waals surface area (Å²) < 4.78 is 0. The van der Waals surface area contributed by atoms with Crippen molar-refractivity contribution in [3.8, 4) is 0 Å². The fourth-order valence-corrected chi connectivity index (χ4v) is 1.05. The summed E-state index contributed by atoms with van der Waals surface area (Å²) in [6.45, 7) is 0. The summed E-state index contributed by atoms with van der Waals surface area (Å²) in [6, 6.07) is 5.09. The second kappa shape index (κ2) is 4.83. The molecule has 6 nitrogen and oxygen atoms in total. The molecule has 2 aromatic rings. The number of amides is 1. The lowest BCUT2D eigenvalue weighted by Crippen LogP contribution is -2.18. The predicted octanol–water partition coefficient (Wildman–Crippen LogP) is 0.569. The van der Waals surface area contributed by atoms with E-state index in [1.807, 2.05) is 0 Å². The van der Waals surface area contributed by atoms with E-state index in [9.17, 15) is 4.79 Å². The number of nitrogens with zero attached hydrogens (tertiary/aromatic N) is 3. The highest BCUT2D eigenvalue weighted by atomic mass is 16.2. The van der Waals surface area contributed by atoms with Crippen molar-refractivity contribution in [1.29, 1.82) is 0 Å². The van der Waals surface area contributed by atoms with Gasteiger partial charge in [0.15, 0.2) is 0 Å². The second-order valence-corrected chi connectivity index (χ2v) is 2.92. The number of carbonyl (C=O) groups excluding carboxylic acids is 1. The minimum atomic E-state index is -0.351. The quantitative estimate of drug-likeness (QED) is 0.580. The fourth-order valence-electron chi connectivity index (χ4n) is 1.05. The molecule has 0 aliphatic heterocycles. The Morgan fingerprint density at radius 1 is 1.50 bits per heavy atom. The third kappa shape index (κ3) is 2.50. The van der Waals surface area contributed by atoms with E-state index in [1.165, 1.54) is 12.5 Å². The number of nitrogens with one attached hydrogen (secondary N) is 2. The molecule has 1 amide bonds. The van der Waals surface area contributed by atoms with Gasteiger partial charge in [-0.05, 0) is 12.1 Å². The molecule has 0 bridgehead atoms. The SMILES string of the molecule is O=C(N/N=C/c1cnc[nH]1)c1ccccn1. The first-order valence-electron chi connectivity index (χ1n) is 4.59. The van der Waals surface area contributed by atoms with E-state index in [0.717, 1.165) is 0 Å². The number of carbonyl (C=O) groups is 1. The number of pyridine rings is 1. The van der Waals surface area contributed by atoms with Gasteiger partial charge in [0.25, 0.3) is 5.91 Å². The zero-order chi connectivity index (χ0) is 11.2. The van der Waals surface area contributed by atoms with Crippen LogP contribution in [0.3, 0.4) is 0 Å². The van der Waals surface area contributed by atoms with Crippen molar-refractivity contribution in [3.63, 3.8) is 0 Å². The number of aromatic amines is 1. The van der Waals surface area contributed by atoms with Crippen molar-refractivity contribution >= 4 is 12.1 Å². The summed E-state index contributed by atoms with van der Waals surface area (Å²) in [5, 5.41) is 3.75. The lowest BCUT2D eigenvalue weighted by atomic mass is 10.3. The van der Waals surface area contributed by atoms with Crippen molar-refractivity contribution in [3.05, 3.63) is 48.3 Å². The molecule has 0 saturated carbocycles. The number of hydrogen-bond donors (Lipinski definition) is 2. The molecular weight excluding hydrogens is 206 g/mol. The van der Waals surface area contributed by atoms with Crippen LogP contribution in [-0.4, -0.2) is 27.1 Å². The number of H-pyrrole nitrogens is 1. The zero-order valence-electron chi connectivity index (χ0n) is 8.29. The van der Waals surface area contributed by atoms with E-state index in [4.69, 9.17) is 0 Å². The van der Waals surface area contributed by atoms with E-state index in [0.29, 0.717) is 11.4 Å². The van der Waals surface area contributed by atoms with Gasteiger partial charge in [-0.1, -0.05) is 6.07 Å². The van der Waals surface area contributed by atoms with Crippen LogP contribution in [0.4, 0.5) is 0 Å². The highest BCUT2D eigenvalue weighted by Gasteiger charge is 2.03. The van der Waals surface area contributed by atoms with Crippen LogP contribution >= 0.6 is 0 Å². The smallest absolute Gasteiger partial charge is 0.289 e. The van der Waals surface area contributed by atoms with Gasteiger partial charge in [-0.25, -0.2) is 10.4 Å². The molecule has 0 fully saturated rings. The molecule has 0 atom stereocenters. The summed E-state index contributed by atoms with van der Waals surface area (Å²) in [4.78, 5) is 22.0. The maximum atomic E-state index is 11.5. The van der Waals surface area contributed by atoms with Crippen LogP contribution in [0.1, 0.15) is 16.2 Å². The van der Waals surface area contributed by atoms with Crippen LogP contribution in [-0.2, 0) is 0 Å². The minimum absolute atomic E-state index is 0.323. The second-order valence-electron chi connectivity index (χ2n) is 2.92. The molecule has 2 heterocycles. The van der Waals surface area contributed by atoms with Crippen LogP contribution in [0, 0.1) is 0 Å². The van der Waals surface area contributed by atoms with Crippen LogP contribution in [0.25, 0.3) is 0 Å². The first-order chi connectivity index (χ1) is 7.86. The summed E-state index contributed by atoms with van der Waals surface area (Å²) in [6.07, 6.45) is 6.14. The Hall–Kier alpha value is -2.50. The van der Waals surface area contributed by atoms with E-state index in [1.54, 1.807) is 30.6 Å². The Bertz CT molecular complexity index is 477. The summed E-state index contributed by atoms with van der Waals surface area (Å²) in [5.74, 6) is -0.351. The van der Waals surface area contributed by atoms with Gasteiger partial charge in [0.1, 0.15) is 5.69 Å². The van der Waals surface area contributed by atoms with Crippen molar-refractivity contribution in [2.45, 2.75) is 0 Å². The van der Waals surface area contributed by atoms with E-state index >= 15 is 0 Å². The Morgan fingerprint density at radius 3 is 3.12 bits per heavy atom. The molecule has 0 aliphatic carbocycles. The Morgan fingerprint density at radius 2 is 2.44 bits per heavy atom. The first kappa shape index (κ1) is 10.0. The number of hydrazone groups is 1. The summed E-state index contributed by atoms with van der Waals surface area (Å²) in [5.41, 5.74) is 3.39. The van der Waals surface area contributed by atoms with Gasteiger partial charge in [-0.2, -0.15) is 5.10 Å². The molecule has 2 aromatic heterocycles. The Kier molecular flexibility index (Phi) is 3.03. The largest absolute Gasteiger partial charge is 0.344 e. The Balaban J connectivity index is 1.94. The van der Waals surface area contributed by atoms with Crippen LogP contribution in [0.15, 0.2) is 42.0 Å². The lowest BCUT2D eigenvalue weighted by molar-refractivity contribution is 0.0950. The molecule has 16 heavy (non-hydrogen) atoms. The van der Waals surface area contributed by atoms with E-state index in [2.05, 4.69) is 25.5 Å². The minimum Gasteiger partial charge on any atom is -0.344 e. The highest BCUT2D eigenvalue weighted by molar-refractivity contribution is 5.92. The standard InChI is InChI=1S/C10H9N5O/c16-10(9-3-1-2-4-12-9)15-14-6-8-5-11-7-13-8/h1-7H,(H,11,13)(H,15,16)/b14-6+. The van der Waals surface area contributed by atoms with Crippen LogP contribution < -0.4 is 5.43 Å². The molecule has 0 radical (unpaired) electrons. The average molecular weight is 215 g/mol. The summed E-state index contributed by atoms with van der Waals surface area (Å²) >= 11 is 0. The number of hydrogen-bond acceptors (Lipinski definition) is 4. The van der Waals surface area contributed by atoms with Crippen molar-refractivity contribution in [1.82, 2.24) is 20.4 Å². The van der Waals surface area contributed by atoms with Gasteiger partial charge in [0, 0.05) is 6.20 Å². The van der Waals surface area contributed by atoms with E-state index in [-0.39, 0.29) is 5.91 Å². The third-order valence-corrected chi connectivity index (χ3v) is 1.79. The number of imidazole rings is 1. The van der Waals surface area contributed by atoms with E-state index < -0.39 is 0 Å². The normalized spacial score (nSPS) is 10.5. The molecule has 0 unspecified atom stereocenters. The van der Waals surface area contributed by atoms with Gasteiger partial charge in [0.2, 0.25) is 0 Å². The van der Waals surface area contributed by atoms with Crippen molar-refractivity contribution in [2.75, 3.05) is 0 Å². The summed E-state index contributed by atoms with van der Waals surface area (Å²) in [7, 11) is 0.